The van der Waals surface area contributed by atoms with Gasteiger partial charge >= 0.3 is 0 Å². The Hall–Kier alpha value is -2.20. The molecule has 0 spiro atoms. The Morgan fingerprint density at radius 1 is 0.923 bits per heavy atom. The van der Waals surface area contributed by atoms with Crippen LogP contribution in [0, 0.1) is 0 Å². The van der Waals surface area contributed by atoms with Crippen LogP contribution >= 0.6 is 0 Å². The summed E-state index contributed by atoms with van der Waals surface area (Å²) in [5.41, 5.74) is 4.29. The molecule has 1 aliphatic carbocycles. The van der Waals surface area contributed by atoms with Crippen LogP contribution in [-0.2, 0) is 6.42 Å². The lowest BCUT2D eigenvalue weighted by atomic mass is 9.74. The van der Waals surface area contributed by atoms with Crippen LogP contribution in [0.4, 0.5) is 0 Å². The molecule has 0 aromatic heterocycles. The standard InChI is InChI=1S/C22H25NO3/c1-2-18-17(6-5-16-9-11-24-20(3-1)22(16)18)13-23-10-8-15-4-7-19-21(12-15)26-14-25-19/h1-4,7,12,16-17,23H,5-6,8-11,13-14H2/t16-,17+/m1/s1. The van der Waals surface area contributed by atoms with Crippen LogP contribution in [0.3, 0.4) is 0 Å². The molecule has 2 atom stereocenters. The number of fused-ring (bicyclic) bond motifs is 1. The van der Waals surface area contributed by atoms with E-state index in [9.17, 15) is 0 Å². The quantitative estimate of drug-likeness (QED) is 0.827. The fourth-order valence-corrected chi connectivity index (χ4v) is 4.60. The first-order valence-corrected chi connectivity index (χ1v) is 9.73. The molecule has 4 heteroatoms. The van der Waals surface area contributed by atoms with E-state index in [0.717, 1.165) is 43.4 Å². The van der Waals surface area contributed by atoms with E-state index in [2.05, 4.69) is 35.6 Å². The maximum Gasteiger partial charge on any atom is 0.231 e. The van der Waals surface area contributed by atoms with Crippen LogP contribution in [-0.4, -0.2) is 26.5 Å². The minimum Gasteiger partial charge on any atom is -0.493 e. The Bertz CT molecular complexity index is 804. The van der Waals surface area contributed by atoms with Crippen LogP contribution in [0.5, 0.6) is 17.2 Å². The maximum absolute atomic E-state index is 5.90. The van der Waals surface area contributed by atoms with Crippen LogP contribution < -0.4 is 19.5 Å². The first kappa shape index (κ1) is 16.0. The second-order valence-corrected chi connectivity index (χ2v) is 7.51. The van der Waals surface area contributed by atoms with E-state index in [4.69, 9.17) is 14.2 Å². The highest BCUT2D eigenvalue weighted by molar-refractivity contribution is 5.47. The van der Waals surface area contributed by atoms with Gasteiger partial charge in [0, 0.05) is 12.1 Å². The van der Waals surface area contributed by atoms with Gasteiger partial charge in [0.2, 0.25) is 6.79 Å². The smallest absolute Gasteiger partial charge is 0.231 e. The highest BCUT2D eigenvalue weighted by atomic mass is 16.7. The number of nitrogens with one attached hydrogen (secondary N) is 1. The van der Waals surface area contributed by atoms with Crippen molar-refractivity contribution in [1.29, 1.82) is 0 Å². The average molecular weight is 351 g/mol. The Morgan fingerprint density at radius 2 is 1.88 bits per heavy atom. The molecule has 0 saturated carbocycles. The van der Waals surface area contributed by atoms with Crippen molar-refractivity contribution in [2.24, 2.45) is 0 Å². The van der Waals surface area contributed by atoms with Crippen molar-refractivity contribution < 1.29 is 14.2 Å². The normalized spacial score (nSPS) is 22.6. The van der Waals surface area contributed by atoms with Gasteiger partial charge in [-0.05, 0) is 73.4 Å². The van der Waals surface area contributed by atoms with E-state index in [0.29, 0.717) is 18.6 Å². The Kier molecular flexibility index (Phi) is 4.21. The predicted octanol–water partition coefficient (Wildman–Crippen LogP) is 3.99. The van der Waals surface area contributed by atoms with Crippen molar-refractivity contribution in [3.63, 3.8) is 0 Å². The van der Waals surface area contributed by atoms with Gasteiger partial charge in [-0.25, -0.2) is 0 Å². The lowest BCUT2D eigenvalue weighted by Crippen LogP contribution is -2.29. The Balaban J connectivity index is 1.20. The zero-order chi connectivity index (χ0) is 17.3. The van der Waals surface area contributed by atoms with Gasteiger partial charge in [-0.1, -0.05) is 18.2 Å². The third-order valence-corrected chi connectivity index (χ3v) is 5.95. The number of rotatable bonds is 5. The molecule has 5 rings (SSSR count). The van der Waals surface area contributed by atoms with Gasteiger partial charge in [0.05, 0.1) is 6.61 Å². The van der Waals surface area contributed by atoms with E-state index in [-0.39, 0.29) is 0 Å². The zero-order valence-electron chi connectivity index (χ0n) is 15.0. The summed E-state index contributed by atoms with van der Waals surface area (Å²) in [6, 6.07) is 12.8. The van der Waals surface area contributed by atoms with Crippen molar-refractivity contribution in [2.45, 2.75) is 37.5 Å². The number of hydrogen-bond acceptors (Lipinski definition) is 4. The van der Waals surface area contributed by atoms with Crippen LogP contribution in [0.1, 0.15) is 47.8 Å². The lowest BCUT2D eigenvalue weighted by Gasteiger charge is -2.36. The van der Waals surface area contributed by atoms with E-state index in [1.165, 1.54) is 36.0 Å². The van der Waals surface area contributed by atoms with Gasteiger partial charge in [-0.2, -0.15) is 0 Å². The summed E-state index contributed by atoms with van der Waals surface area (Å²) >= 11 is 0. The van der Waals surface area contributed by atoms with E-state index >= 15 is 0 Å². The Morgan fingerprint density at radius 3 is 2.88 bits per heavy atom. The molecular weight excluding hydrogens is 326 g/mol. The van der Waals surface area contributed by atoms with Gasteiger partial charge in [0.1, 0.15) is 5.75 Å². The predicted molar refractivity (Wildman–Crippen MR) is 100 cm³/mol. The van der Waals surface area contributed by atoms with Gasteiger partial charge in [0.15, 0.2) is 11.5 Å². The van der Waals surface area contributed by atoms with Crippen molar-refractivity contribution in [1.82, 2.24) is 5.32 Å². The maximum atomic E-state index is 5.90. The summed E-state index contributed by atoms with van der Waals surface area (Å²) in [7, 11) is 0. The number of hydrogen-bond donors (Lipinski definition) is 1. The molecule has 26 heavy (non-hydrogen) atoms. The molecule has 0 amide bonds. The summed E-state index contributed by atoms with van der Waals surface area (Å²) in [6.45, 7) is 3.23. The SMILES string of the molecule is c1cc2c3c(c1)[C@H](CNCCc1ccc4c(c1)OCO4)CC[C@@H]3CCO2. The minimum atomic E-state index is 0.338. The van der Waals surface area contributed by atoms with Gasteiger partial charge in [-0.3, -0.25) is 0 Å². The molecule has 136 valence electrons. The van der Waals surface area contributed by atoms with Crippen LogP contribution in [0.25, 0.3) is 0 Å². The molecule has 0 bridgehead atoms. The molecule has 1 N–H and O–H groups in total. The third-order valence-electron chi connectivity index (χ3n) is 5.95. The van der Waals surface area contributed by atoms with E-state index in [1.54, 1.807) is 0 Å². The second kappa shape index (κ2) is 6.84. The molecule has 0 saturated heterocycles. The first-order valence-electron chi connectivity index (χ1n) is 9.73. The molecule has 2 aromatic rings. The molecule has 0 fully saturated rings. The minimum absolute atomic E-state index is 0.338. The van der Waals surface area contributed by atoms with Gasteiger partial charge in [-0.15, -0.1) is 0 Å². The summed E-state index contributed by atoms with van der Waals surface area (Å²) in [6.07, 6.45) is 4.75. The van der Waals surface area contributed by atoms with E-state index in [1.807, 2.05) is 6.07 Å². The molecule has 3 aliphatic rings. The van der Waals surface area contributed by atoms with Gasteiger partial charge in [0.25, 0.3) is 0 Å². The number of benzene rings is 2. The largest absolute Gasteiger partial charge is 0.493 e. The third kappa shape index (κ3) is 2.92. The Labute approximate surface area is 154 Å². The molecular formula is C22H25NO3. The molecule has 2 aliphatic heterocycles. The zero-order valence-corrected chi connectivity index (χ0v) is 15.0. The van der Waals surface area contributed by atoms with Crippen LogP contribution in [0.15, 0.2) is 36.4 Å². The molecule has 0 radical (unpaired) electrons. The summed E-state index contributed by atoms with van der Waals surface area (Å²) < 4.78 is 16.7. The van der Waals surface area contributed by atoms with Crippen molar-refractivity contribution in [2.75, 3.05) is 26.5 Å². The fourth-order valence-electron chi connectivity index (χ4n) is 4.60. The monoisotopic (exact) mass is 351 g/mol. The molecule has 2 aromatic carbocycles. The van der Waals surface area contributed by atoms with Crippen LogP contribution in [0.2, 0.25) is 0 Å². The number of ether oxygens (including phenoxy) is 3. The van der Waals surface area contributed by atoms with Crippen molar-refractivity contribution >= 4 is 0 Å². The lowest BCUT2D eigenvalue weighted by molar-refractivity contribution is 0.174. The molecule has 0 unspecified atom stereocenters. The highest BCUT2D eigenvalue weighted by Gasteiger charge is 2.31. The topological polar surface area (TPSA) is 39.7 Å². The molecule has 2 heterocycles. The fraction of sp³-hybridized carbons (Fsp3) is 0.455. The summed E-state index contributed by atoms with van der Waals surface area (Å²) in [5, 5.41) is 3.67. The van der Waals surface area contributed by atoms with E-state index < -0.39 is 0 Å². The summed E-state index contributed by atoms with van der Waals surface area (Å²) in [5.74, 6) is 4.16. The first-order chi connectivity index (χ1) is 12.9. The molecule has 4 nitrogen and oxygen atoms in total. The average Bonchev–Trinajstić information content (AvgIpc) is 3.15. The highest BCUT2D eigenvalue weighted by Crippen LogP contribution is 2.46. The van der Waals surface area contributed by atoms with Crippen molar-refractivity contribution in [3.8, 4) is 17.2 Å². The van der Waals surface area contributed by atoms with Gasteiger partial charge < -0.3 is 19.5 Å². The second-order valence-electron chi connectivity index (χ2n) is 7.51. The summed E-state index contributed by atoms with van der Waals surface area (Å²) in [4.78, 5) is 0. The van der Waals surface area contributed by atoms with Crippen molar-refractivity contribution in [3.05, 3.63) is 53.1 Å².